The molecular weight excluding hydrogens is 370 g/mol. The first-order valence-electron chi connectivity index (χ1n) is 12.5. The summed E-state index contributed by atoms with van der Waals surface area (Å²) in [4.78, 5) is 0. The predicted octanol–water partition coefficient (Wildman–Crippen LogP) is 6.70. The molecule has 2 fully saturated rings. The van der Waals surface area contributed by atoms with E-state index in [0.29, 0.717) is 6.04 Å². The fourth-order valence-corrected chi connectivity index (χ4v) is 5.96. The van der Waals surface area contributed by atoms with Gasteiger partial charge in [-0.05, 0) is 113 Å². The smallest absolute Gasteiger partial charge is 0.119 e. The summed E-state index contributed by atoms with van der Waals surface area (Å²) >= 11 is 0. The molecule has 3 heteroatoms. The lowest BCUT2D eigenvalue weighted by Gasteiger charge is -2.39. The highest BCUT2D eigenvalue weighted by atomic mass is 16.5. The Balaban J connectivity index is 1.43. The Morgan fingerprint density at radius 2 is 1.43 bits per heavy atom. The molecule has 0 spiro atoms. The molecule has 30 heavy (non-hydrogen) atoms. The summed E-state index contributed by atoms with van der Waals surface area (Å²) in [5, 5.41) is 0. The van der Waals surface area contributed by atoms with Crippen molar-refractivity contribution in [1.82, 2.24) is 0 Å². The van der Waals surface area contributed by atoms with Crippen molar-refractivity contribution in [3.63, 3.8) is 0 Å². The Labute approximate surface area is 185 Å². The van der Waals surface area contributed by atoms with Gasteiger partial charge in [0, 0.05) is 19.6 Å². The molecule has 3 unspecified atom stereocenters. The molecule has 2 aliphatic carbocycles. The Hall–Kier alpha value is -1.06. The van der Waals surface area contributed by atoms with Crippen LogP contribution in [0.1, 0.15) is 96.5 Å². The van der Waals surface area contributed by atoms with Crippen LogP contribution in [0.2, 0.25) is 0 Å². The minimum absolute atomic E-state index is 0.170. The quantitative estimate of drug-likeness (QED) is 0.488. The monoisotopic (exact) mass is 415 g/mol. The molecule has 3 atom stereocenters. The van der Waals surface area contributed by atoms with Gasteiger partial charge in [-0.1, -0.05) is 19.1 Å². The van der Waals surface area contributed by atoms with E-state index in [-0.39, 0.29) is 12.2 Å². The third-order valence-corrected chi connectivity index (χ3v) is 8.09. The van der Waals surface area contributed by atoms with Crippen molar-refractivity contribution in [2.24, 2.45) is 23.5 Å². The fraction of sp³-hybridized carbons (Fsp3) is 0.778. The summed E-state index contributed by atoms with van der Waals surface area (Å²) in [7, 11) is 1.76. The van der Waals surface area contributed by atoms with Crippen LogP contribution in [0.3, 0.4) is 0 Å². The van der Waals surface area contributed by atoms with E-state index in [1.54, 1.807) is 7.11 Å². The number of hydrogen-bond donors (Lipinski definition) is 1. The van der Waals surface area contributed by atoms with Crippen LogP contribution in [0, 0.1) is 17.8 Å². The maximum absolute atomic E-state index is 6.30. The maximum atomic E-state index is 6.30. The average Bonchev–Trinajstić information content (AvgIpc) is 2.79. The van der Waals surface area contributed by atoms with E-state index in [4.69, 9.17) is 15.2 Å². The van der Waals surface area contributed by atoms with Crippen LogP contribution in [0.4, 0.5) is 0 Å². The molecule has 170 valence electrons. The van der Waals surface area contributed by atoms with Crippen molar-refractivity contribution in [2.75, 3.05) is 7.11 Å². The van der Waals surface area contributed by atoms with Crippen LogP contribution in [0.5, 0.6) is 5.75 Å². The zero-order valence-electron chi connectivity index (χ0n) is 19.8. The maximum Gasteiger partial charge on any atom is 0.119 e. The van der Waals surface area contributed by atoms with Gasteiger partial charge in [-0.3, -0.25) is 0 Å². The molecule has 0 amide bonds. The molecule has 3 nitrogen and oxygen atoms in total. The predicted molar refractivity (Wildman–Crippen MR) is 126 cm³/mol. The number of methoxy groups -OCH3 is 1. The third kappa shape index (κ3) is 6.47. The van der Waals surface area contributed by atoms with E-state index in [1.165, 1.54) is 56.9 Å². The van der Waals surface area contributed by atoms with Gasteiger partial charge in [-0.2, -0.15) is 0 Å². The van der Waals surface area contributed by atoms with Crippen molar-refractivity contribution in [2.45, 2.75) is 109 Å². The lowest BCUT2D eigenvalue weighted by Crippen LogP contribution is -2.34. The molecule has 2 aliphatic rings. The molecule has 0 radical (unpaired) electrons. The van der Waals surface area contributed by atoms with Crippen molar-refractivity contribution in [1.29, 1.82) is 0 Å². The van der Waals surface area contributed by atoms with E-state index in [1.807, 2.05) is 0 Å². The minimum atomic E-state index is 0.170. The van der Waals surface area contributed by atoms with Gasteiger partial charge in [0.15, 0.2) is 0 Å². The average molecular weight is 416 g/mol. The summed E-state index contributed by atoms with van der Waals surface area (Å²) < 4.78 is 11.4. The zero-order chi connectivity index (χ0) is 21.5. The lowest BCUT2D eigenvalue weighted by atomic mass is 9.67. The van der Waals surface area contributed by atoms with Crippen molar-refractivity contribution in [3.05, 3.63) is 29.8 Å². The van der Waals surface area contributed by atoms with Gasteiger partial charge in [0.05, 0.1) is 12.2 Å². The van der Waals surface area contributed by atoms with Gasteiger partial charge in [-0.25, -0.2) is 0 Å². The van der Waals surface area contributed by atoms with Gasteiger partial charge in [0.1, 0.15) is 5.75 Å². The Morgan fingerprint density at radius 1 is 0.867 bits per heavy atom. The van der Waals surface area contributed by atoms with Crippen molar-refractivity contribution < 1.29 is 9.47 Å². The van der Waals surface area contributed by atoms with E-state index >= 15 is 0 Å². The van der Waals surface area contributed by atoms with Crippen LogP contribution >= 0.6 is 0 Å². The van der Waals surface area contributed by atoms with Crippen LogP contribution in [-0.2, 0) is 4.74 Å². The van der Waals surface area contributed by atoms with Crippen LogP contribution < -0.4 is 10.5 Å². The number of rotatable bonds is 9. The first kappa shape index (κ1) is 23.6. The first-order chi connectivity index (χ1) is 14.5. The highest BCUT2D eigenvalue weighted by Gasteiger charge is 2.32. The third-order valence-electron chi connectivity index (χ3n) is 8.09. The number of benzene rings is 1. The highest BCUT2D eigenvalue weighted by molar-refractivity contribution is 5.30. The second-order valence-corrected chi connectivity index (χ2v) is 10.1. The van der Waals surface area contributed by atoms with Gasteiger partial charge >= 0.3 is 0 Å². The van der Waals surface area contributed by atoms with Crippen LogP contribution in [-0.4, -0.2) is 25.4 Å². The van der Waals surface area contributed by atoms with E-state index < -0.39 is 0 Å². The summed E-state index contributed by atoms with van der Waals surface area (Å²) in [6, 6.07) is 9.34. The number of ether oxygens (including phenoxy) is 2. The lowest BCUT2D eigenvalue weighted by molar-refractivity contribution is 0.0719. The van der Waals surface area contributed by atoms with E-state index in [9.17, 15) is 0 Å². The van der Waals surface area contributed by atoms with Crippen molar-refractivity contribution >= 4 is 0 Å². The highest BCUT2D eigenvalue weighted by Crippen LogP contribution is 2.44. The first-order valence-corrected chi connectivity index (χ1v) is 12.5. The zero-order valence-corrected chi connectivity index (χ0v) is 19.8. The van der Waals surface area contributed by atoms with Crippen LogP contribution in [0.25, 0.3) is 0 Å². The molecule has 0 aliphatic heterocycles. The molecule has 1 aromatic carbocycles. The van der Waals surface area contributed by atoms with E-state index in [2.05, 4.69) is 45.0 Å². The van der Waals surface area contributed by atoms with Gasteiger partial charge in [-0.15, -0.1) is 0 Å². The molecule has 0 aromatic heterocycles. The molecule has 2 saturated carbocycles. The number of hydrogen-bond acceptors (Lipinski definition) is 3. The molecule has 1 aromatic rings. The second kappa shape index (κ2) is 11.5. The standard InChI is InChI=1S/C27H45NO2/c1-5-27(28)25-12-10-23(11-13-25)21-6-8-22(9-7-21)24-14-16-26(17-15-24)30-20(3)18-19(2)29-4/h14-17,19-23,25,27H,5-13,18,28H2,1-4H3. The summed E-state index contributed by atoms with van der Waals surface area (Å²) in [6.45, 7) is 6.44. The molecular formula is C27H45NO2. The van der Waals surface area contributed by atoms with Gasteiger partial charge in [0.25, 0.3) is 0 Å². The summed E-state index contributed by atoms with van der Waals surface area (Å²) in [5.41, 5.74) is 7.80. The summed E-state index contributed by atoms with van der Waals surface area (Å²) in [5.74, 6) is 4.39. The topological polar surface area (TPSA) is 44.5 Å². The van der Waals surface area contributed by atoms with E-state index in [0.717, 1.165) is 42.3 Å². The summed E-state index contributed by atoms with van der Waals surface area (Å²) in [6.07, 6.45) is 13.5. The van der Waals surface area contributed by atoms with Crippen LogP contribution in [0.15, 0.2) is 24.3 Å². The SMILES string of the molecule is CCC(N)C1CCC(C2CCC(c3ccc(OC(C)CC(C)OC)cc3)CC2)CC1. The Kier molecular flexibility index (Phi) is 9.07. The Bertz CT molecular complexity index is 600. The normalized spacial score (nSPS) is 30.4. The molecule has 0 heterocycles. The molecule has 3 rings (SSSR count). The largest absolute Gasteiger partial charge is 0.491 e. The van der Waals surface area contributed by atoms with Crippen molar-refractivity contribution in [3.8, 4) is 5.75 Å². The Morgan fingerprint density at radius 3 is 1.97 bits per heavy atom. The fourth-order valence-electron chi connectivity index (χ4n) is 5.96. The second-order valence-electron chi connectivity index (χ2n) is 10.1. The molecule has 2 N–H and O–H groups in total. The minimum Gasteiger partial charge on any atom is -0.491 e. The number of nitrogens with two attached hydrogens (primary N) is 1. The molecule has 0 bridgehead atoms. The van der Waals surface area contributed by atoms with Gasteiger partial charge in [0.2, 0.25) is 0 Å². The van der Waals surface area contributed by atoms with Gasteiger partial charge < -0.3 is 15.2 Å². The molecule has 0 saturated heterocycles.